The predicted octanol–water partition coefficient (Wildman–Crippen LogP) is 3.51. The van der Waals surface area contributed by atoms with Crippen molar-refractivity contribution in [3.63, 3.8) is 0 Å². The number of rotatable bonds is 6. The van der Waals surface area contributed by atoms with Crippen molar-refractivity contribution in [1.82, 2.24) is 5.32 Å². The summed E-state index contributed by atoms with van der Waals surface area (Å²) in [5.74, 6) is 0.642. The first-order valence-electron chi connectivity index (χ1n) is 6.11. The summed E-state index contributed by atoms with van der Waals surface area (Å²) in [6.07, 6.45) is -2.32. The maximum absolute atomic E-state index is 12.0. The maximum atomic E-state index is 12.0. The van der Waals surface area contributed by atoms with E-state index in [-0.39, 0.29) is 5.75 Å². The van der Waals surface area contributed by atoms with Crippen LogP contribution in [0.1, 0.15) is 11.3 Å². The van der Waals surface area contributed by atoms with Gasteiger partial charge in [-0.1, -0.05) is 12.1 Å². The molecule has 3 nitrogen and oxygen atoms in total. The quantitative estimate of drug-likeness (QED) is 0.825. The molecule has 2 aromatic rings. The van der Waals surface area contributed by atoms with Crippen molar-refractivity contribution in [3.05, 3.63) is 54.0 Å². The molecule has 0 bridgehead atoms. The lowest BCUT2D eigenvalue weighted by molar-refractivity contribution is -0.274. The van der Waals surface area contributed by atoms with Crippen molar-refractivity contribution in [3.8, 4) is 5.75 Å². The minimum absolute atomic E-state index is 0.204. The molecule has 0 aliphatic carbocycles. The molecule has 1 heterocycles. The molecular weight excluding hydrogens is 271 g/mol. The van der Waals surface area contributed by atoms with E-state index in [0.29, 0.717) is 19.5 Å². The van der Waals surface area contributed by atoms with Gasteiger partial charge in [0.25, 0.3) is 0 Å². The number of hydrogen-bond donors (Lipinski definition) is 1. The zero-order valence-electron chi connectivity index (χ0n) is 10.6. The van der Waals surface area contributed by atoms with Crippen LogP contribution in [0, 0.1) is 0 Å². The van der Waals surface area contributed by atoms with Gasteiger partial charge in [0, 0.05) is 0 Å². The van der Waals surface area contributed by atoms with Crippen LogP contribution in [0.25, 0.3) is 0 Å². The highest BCUT2D eigenvalue weighted by Gasteiger charge is 2.30. The van der Waals surface area contributed by atoms with Crippen LogP contribution in [0.15, 0.2) is 47.1 Å². The van der Waals surface area contributed by atoms with Gasteiger partial charge < -0.3 is 14.5 Å². The first-order valence-corrected chi connectivity index (χ1v) is 6.11. The molecule has 1 aromatic carbocycles. The van der Waals surface area contributed by atoms with E-state index in [2.05, 4.69) is 10.1 Å². The lowest BCUT2D eigenvalue weighted by Crippen LogP contribution is -2.17. The van der Waals surface area contributed by atoms with E-state index in [1.807, 2.05) is 12.1 Å². The Morgan fingerprint density at radius 1 is 1.10 bits per heavy atom. The summed E-state index contributed by atoms with van der Waals surface area (Å²) in [5, 5.41) is 3.18. The molecule has 0 spiro atoms. The Hall–Kier alpha value is -1.95. The average molecular weight is 285 g/mol. The summed E-state index contributed by atoms with van der Waals surface area (Å²) in [5.41, 5.74) is 0.937. The largest absolute Gasteiger partial charge is 0.573 e. The van der Waals surface area contributed by atoms with Crippen LogP contribution >= 0.6 is 0 Å². The van der Waals surface area contributed by atoms with E-state index in [0.717, 1.165) is 11.3 Å². The molecule has 1 N–H and O–H groups in total. The molecule has 2 rings (SSSR count). The fourth-order valence-electron chi connectivity index (χ4n) is 1.72. The van der Waals surface area contributed by atoms with Crippen molar-refractivity contribution in [2.75, 3.05) is 6.54 Å². The smallest absolute Gasteiger partial charge is 0.468 e. The molecule has 20 heavy (non-hydrogen) atoms. The van der Waals surface area contributed by atoms with Gasteiger partial charge in [0.05, 0.1) is 12.8 Å². The van der Waals surface area contributed by atoms with Gasteiger partial charge in [-0.2, -0.15) is 0 Å². The highest BCUT2D eigenvalue weighted by Crippen LogP contribution is 2.22. The minimum atomic E-state index is -4.65. The van der Waals surface area contributed by atoms with Gasteiger partial charge in [0.15, 0.2) is 0 Å². The Labute approximate surface area is 114 Å². The molecule has 0 unspecified atom stereocenters. The summed E-state index contributed by atoms with van der Waals surface area (Å²) in [6, 6.07) is 9.56. The van der Waals surface area contributed by atoms with Gasteiger partial charge in [0.2, 0.25) is 0 Å². The second-order valence-electron chi connectivity index (χ2n) is 4.20. The van der Waals surface area contributed by atoms with E-state index < -0.39 is 6.36 Å². The molecule has 0 amide bonds. The van der Waals surface area contributed by atoms with Crippen molar-refractivity contribution in [2.45, 2.75) is 19.3 Å². The van der Waals surface area contributed by atoms with Crippen LogP contribution in [0.5, 0.6) is 5.75 Å². The Bertz CT molecular complexity index is 506. The number of nitrogens with one attached hydrogen (secondary N) is 1. The maximum Gasteiger partial charge on any atom is 0.573 e. The molecule has 6 heteroatoms. The van der Waals surface area contributed by atoms with E-state index in [9.17, 15) is 13.2 Å². The number of furan rings is 1. The highest BCUT2D eigenvalue weighted by molar-refractivity contribution is 5.27. The second-order valence-corrected chi connectivity index (χ2v) is 4.20. The molecule has 0 radical (unpaired) electrons. The summed E-state index contributed by atoms with van der Waals surface area (Å²) in [4.78, 5) is 0. The number of hydrogen-bond acceptors (Lipinski definition) is 3. The zero-order chi connectivity index (χ0) is 14.4. The number of benzene rings is 1. The van der Waals surface area contributed by atoms with Crippen LogP contribution in [0.2, 0.25) is 0 Å². The van der Waals surface area contributed by atoms with E-state index in [1.54, 1.807) is 18.4 Å². The Kier molecular flexibility index (Phi) is 4.68. The molecule has 0 saturated heterocycles. The third-order valence-electron chi connectivity index (χ3n) is 2.63. The Balaban J connectivity index is 1.73. The molecule has 0 saturated carbocycles. The van der Waals surface area contributed by atoms with Crippen LogP contribution in [0.4, 0.5) is 13.2 Å². The molecule has 0 atom stereocenters. The lowest BCUT2D eigenvalue weighted by atomic mass is 10.1. The SMILES string of the molecule is FC(F)(F)Oc1ccc(CCNCc2ccco2)cc1. The standard InChI is InChI=1S/C14H14F3NO2/c15-14(16,17)20-12-5-3-11(4-6-12)7-8-18-10-13-2-1-9-19-13/h1-6,9,18H,7-8,10H2. The topological polar surface area (TPSA) is 34.4 Å². The van der Waals surface area contributed by atoms with E-state index in [4.69, 9.17) is 4.42 Å². The van der Waals surface area contributed by atoms with Crippen LogP contribution in [0.3, 0.4) is 0 Å². The summed E-state index contributed by atoms with van der Waals surface area (Å²) < 4.78 is 44.9. The molecule has 0 aliphatic rings. The third kappa shape index (κ3) is 4.97. The average Bonchev–Trinajstić information content (AvgIpc) is 2.88. The van der Waals surface area contributed by atoms with Crippen LogP contribution < -0.4 is 10.1 Å². The van der Waals surface area contributed by atoms with Crippen molar-refractivity contribution >= 4 is 0 Å². The van der Waals surface area contributed by atoms with Gasteiger partial charge >= 0.3 is 6.36 Å². The van der Waals surface area contributed by atoms with Crippen LogP contribution in [-0.4, -0.2) is 12.9 Å². The predicted molar refractivity (Wildman–Crippen MR) is 67.2 cm³/mol. The molecular formula is C14H14F3NO2. The second kappa shape index (κ2) is 6.47. The Morgan fingerprint density at radius 2 is 1.85 bits per heavy atom. The zero-order valence-corrected chi connectivity index (χ0v) is 10.6. The molecule has 0 aliphatic heterocycles. The van der Waals surface area contributed by atoms with Crippen molar-refractivity contribution in [1.29, 1.82) is 0 Å². The van der Waals surface area contributed by atoms with Gasteiger partial charge in [-0.05, 0) is 42.8 Å². The highest BCUT2D eigenvalue weighted by atomic mass is 19.4. The van der Waals surface area contributed by atoms with E-state index in [1.165, 1.54) is 12.1 Å². The summed E-state index contributed by atoms with van der Waals surface area (Å²) >= 11 is 0. The fourth-order valence-corrected chi connectivity index (χ4v) is 1.72. The number of halogens is 3. The van der Waals surface area contributed by atoms with Crippen molar-refractivity contribution in [2.24, 2.45) is 0 Å². The fraction of sp³-hybridized carbons (Fsp3) is 0.286. The summed E-state index contributed by atoms with van der Waals surface area (Å²) in [7, 11) is 0. The van der Waals surface area contributed by atoms with Gasteiger partial charge in [-0.15, -0.1) is 13.2 Å². The monoisotopic (exact) mass is 285 g/mol. The number of alkyl halides is 3. The first kappa shape index (κ1) is 14.5. The van der Waals surface area contributed by atoms with Crippen molar-refractivity contribution < 1.29 is 22.3 Å². The summed E-state index contributed by atoms with van der Waals surface area (Å²) in [6.45, 7) is 1.34. The number of ether oxygens (including phenoxy) is 1. The first-order chi connectivity index (χ1) is 9.53. The van der Waals surface area contributed by atoms with Gasteiger partial charge in [-0.25, -0.2) is 0 Å². The molecule has 1 aromatic heterocycles. The minimum Gasteiger partial charge on any atom is -0.468 e. The van der Waals surface area contributed by atoms with Gasteiger partial charge in [-0.3, -0.25) is 0 Å². The molecule has 0 fully saturated rings. The molecule has 108 valence electrons. The normalized spacial score (nSPS) is 11.6. The van der Waals surface area contributed by atoms with E-state index >= 15 is 0 Å². The lowest BCUT2D eigenvalue weighted by Gasteiger charge is -2.09. The van der Waals surface area contributed by atoms with Crippen LogP contribution in [-0.2, 0) is 13.0 Å². The third-order valence-corrected chi connectivity index (χ3v) is 2.63. The Morgan fingerprint density at radius 3 is 2.45 bits per heavy atom. The van der Waals surface area contributed by atoms with Gasteiger partial charge in [0.1, 0.15) is 11.5 Å².